The van der Waals surface area contributed by atoms with E-state index in [1.54, 1.807) is 13.2 Å². The molecule has 1 fully saturated rings. The molecule has 1 aliphatic carbocycles. The number of benzene rings is 2. The number of likely N-dealkylation sites (N-methyl/N-ethyl adjacent to an activating group) is 1. The summed E-state index contributed by atoms with van der Waals surface area (Å²) in [7, 11) is 5.13. The number of hydrogen-bond donors (Lipinski definition) is 3. The molecule has 2 aromatic carbocycles. The summed E-state index contributed by atoms with van der Waals surface area (Å²) in [5.41, 5.74) is 6.52. The zero-order valence-corrected chi connectivity index (χ0v) is 20.3. The molecule has 0 spiro atoms. The molecule has 180 valence electrons. The van der Waals surface area contributed by atoms with E-state index in [9.17, 15) is 9.90 Å². The lowest BCUT2D eigenvalue weighted by molar-refractivity contribution is -0.0636. The van der Waals surface area contributed by atoms with Gasteiger partial charge >= 0.3 is 0 Å². The number of aliphatic hydroxyl groups is 1. The Labute approximate surface area is 200 Å². The van der Waals surface area contributed by atoms with Gasteiger partial charge in [-0.1, -0.05) is 36.6 Å². The predicted molar refractivity (Wildman–Crippen MR) is 131 cm³/mol. The Morgan fingerprint density at radius 2 is 2.06 bits per heavy atom. The number of carbonyl (C=O) groups excluding carboxylic acids is 1. The number of hydrogen-bond acceptors (Lipinski definition) is 6. The van der Waals surface area contributed by atoms with Crippen molar-refractivity contribution >= 4 is 23.2 Å². The van der Waals surface area contributed by atoms with Crippen molar-refractivity contribution in [2.24, 2.45) is 5.92 Å². The number of ether oxygens (including phenoxy) is 2. The van der Waals surface area contributed by atoms with Crippen molar-refractivity contribution in [3.8, 4) is 11.5 Å². The highest BCUT2D eigenvalue weighted by atomic mass is 35.5. The maximum Gasteiger partial charge on any atom is 0.255 e. The lowest BCUT2D eigenvalue weighted by Crippen LogP contribution is -2.45. The normalized spacial score (nSPS) is 20.5. The van der Waals surface area contributed by atoms with Crippen molar-refractivity contribution in [2.75, 3.05) is 46.6 Å². The second-order valence-corrected chi connectivity index (χ2v) is 9.10. The molecule has 0 unspecified atom stereocenters. The number of carbonyl (C=O) groups is 1. The van der Waals surface area contributed by atoms with Crippen molar-refractivity contribution in [1.29, 1.82) is 0 Å². The Hall–Kier alpha value is -2.48. The molecular weight excluding hydrogens is 442 g/mol. The molecule has 0 aromatic heterocycles. The Morgan fingerprint density at radius 3 is 2.79 bits per heavy atom. The van der Waals surface area contributed by atoms with E-state index in [4.69, 9.17) is 26.8 Å². The third-order valence-electron chi connectivity index (χ3n) is 6.48. The van der Waals surface area contributed by atoms with Crippen LogP contribution in [0, 0.1) is 5.92 Å². The lowest BCUT2D eigenvalue weighted by atomic mass is 9.71. The van der Waals surface area contributed by atoms with Crippen LogP contribution in [0.25, 0.3) is 0 Å². The van der Waals surface area contributed by atoms with Crippen LogP contribution in [-0.2, 0) is 5.60 Å². The van der Waals surface area contributed by atoms with Crippen molar-refractivity contribution in [3.05, 3.63) is 52.5 Å². The summed E-state index contributed by atoms with van der Waals surface area (Å²) >= 11 is 6.08. The van der Waals surface area contributed by atoms with Crippen LogP contribution in [0.3, 0.4) is 0 Å². The topological polar surface area (TPSA) is 97.1 Å². The summed E-state index contributed by atoms with van der Waals surface area (Å²) in [6.07, 6.45) is 3.77. The molecule has 1 aliphatic rings. The minimum Gasteiger partial charge on any atom is -0.497 e. The van der Waals surface area contributed by atoms with Gasteiger partial charge in [0.05, 0.1) is 36.1 Å². The largest absolute Gasteiger partial charge is 0.497 e. The van der Waals surface area contributed by atoms with Crippen molar-refractivity contribution < 1.29 is 19.4 Å². The van der Waals surface area contributed by atoms with Gasteiger partial charge in [0.15, 0.2) is 0 Å². The lowest BCUT2D eigenvalue weighted by Gasteiger charge is -2.42. The van der Waals surface area contributed by atoms with E-state index in [1.165, 1.54) is 13.2 Å². The second kappa shape index (κ2) is 11.1. The molecule has 3 rings (SSSR count). The van der Waals surface area contributed by atoms with Crippen LogP contribution in [0.15, 0.2) is 36.4 Å². The number of anilines is 1. The fraction of sp³-hybridized carbons (Fsp3) is 0.480. The first-order valence-corrected chi connectivity index (χ1v) is 11.6. The third kappa shape index (κ3) is 5.91. The van der Waals surface area contributed by atoms with Gasteiger partial charge in [-0.3, -0.25) is 4.79 Å². The first-order chi connectivity index (χ1) is 15.8. The van der Waals surface area contributed by atoms with Crippen LogP contribution >= 0.6 is 11.6 Å². The van der Waals surface area contributed by atoms with E-state index in [1.807, 2.05) is 31.3 Å². The van der Waals surface area contributed by atoms with Gasteiger partial charge in [0, 0.05) is 31.6 Å². The summed E-state index contributed by atoms with van der Waals surface area (Å²) in [6, 6.07) is 10.8. The highest BCUT2D eigenvalue weighted by Crippen LogP contribution is 2.42. The second-order valence-electron chi connectivity index (χ2n) is 8.69. The smallest absolute Gasteiger partial charge is 0.255 e. The quantitative estimate of drug-likeness (QED) is 0.479. The van der Waals surface area contributed by atoms with E-state index in [2.05, 4.69) is 10.2 Å². The van der Waals surface area contributed by atoms with Crippen molar-refractivity contribution in [3.63, 3.8) is 0 Å². The van der Waals surface area contributed by atoms with Gasteiger partial charge in [0.2, 0.25) is 0 Å². The average molecular weight is 476 g/mol. The molecule has 2 atom stereocenters. The average Bonchev–Trinajstić information content (AvgIpc) is 2.82. The Bertz CT molecular complexity index is 971. The monoisotopic (exact) mass is 475 g/mol. The van der Waals surface area contributed by atoms with E-state index in [0.717, 1.165) is 43.5 Å². The first-order valence-electron chi connectivity index (χ1n) is 11.2. The SMILES string of the molecule is COc1cccc([C@]2(O)CCCC[C@H]2CN(C)CCNC(=O)c2cc(Cl)c(N)cc2OC)c1. The molecule has 1 amide bonds. The van der Waals surface area contributed by atoms with Crippen LogP contribution in [0.4, 0.5) is 5.69 Å². The number of halogens is 1. The molecule has 7 nitrogen and oxygen atoms in total. The van der Waals surface area contributed by atoms with Gasteiger partial charge in [0.1, 0.15) is 11.5 Å². The minimum atomic E-state index is -0.890. The summed E-state index contributed by atoms with van der Waals surface area (Å²) in [4.78, 5) is 14.8. The molecule has 0 heterocycles. The van der Waals surface area contributed by atoms with Crippen molar-refractivity contribution in [2.45, 2.75) is 31.3 Å². The van der Waals surface area contributed by atoms with Crippen LogP contribution in [0.5, 0.6) is 11.5 Å². The summed E-state index contributed by atoms with van der Waals surface area (Å²) < 4.78 is 10.6. The molecule has 0 radical (unpaired) electrons. The third-order valence-corrected chi connectivity index (χ3v) is 6.81. The minimum absolute atomic E-state index is 0.0926. The van der Waals surface area contributed by atoms with Crippen LogP contribution < -0.4 is 20.5 Å². The fourth-order valence-corrected chi connectivity index (χ4v) is 4.74. The highest BCUT2D eigenvalue weighted by molar-refractivity contribution is 6.33. The zero-order chi connectivity index (χ0) is 24.0. The molecule has 8 heteroatoms. The molecule has 4 N–H and O–H groups in total. The van der Waals surface area contributed by atoms with Gasteiger partial charge in [-0.15, -0.1) is 0 Å². The maximum atomic E-state index is 12.6. The number of nitrogens with one attached hydrogen (secondary N) is 1. The summed E-state index contributed by atoms with van der Waals surface area (Å²) in [5, 5.41) is 14.9. The summed E-state index contributed by atoms with van der Waals surface area (Å²) in [5.74, 6) is 0.954. The van der Waals surface area contributed by atoms with Crippen LogP contribution in [0.1, 0.15) is 41.6 Å². The van der Waals surface area contributed by atoms with Crippen molar-refractivity contribution in [1.82, 2.24) is 10.2 Å². The van der Waals surface area contributed by atoms with E-state index >= 15 is 0 Å². The molecule has 0 saturated heterocycles. The van der Waals surface area contributed by atoms with Gasteiger partial charge in [-0.05, 0) is 43.7 Å². The number of nitrogen functional groups attached to an aromatic ring is 1. The van der Waals surface area contributed by atoms with Gasteiger partial charge in [-0.2, -0.15) is 0 Å². The summed E-state index contributed by atoms with van der Waals surface area (Å²) in [6.45, 7) is 1.81. The predicted octanol–water partition coefficient (Wildman–Crippen LogP) is 3.68. The van der Waals surface area contributed by atoms with E-state index < -0.39 is 5.60 Å². The fourth-order valence-electron chi connectivity index (χ4n) is 4.58. The molecule has 2 aromatic rings. The van der Waals surface area contributed by atoms with E-state index in [0.29, 0.717) is 35.1 Å². The highest BCUT2D eigenvalue weighted by Gasteiger charge is 2.40. The molecule has 33 heavy (non-hydrogen) atoms. The number of amides is 1. The Balaban J connectivity index is 1.60. The first kappa shape index (κ1) is 25.1. The van der Waals surface area contributed by atoms with Crippen LogP contribution in [-0.4, -0.2) is 56.8 Å². The molecular formula is C25H34ClN3O4. The number of methoxy groups -OCH3 is 2. The van der Waals surface area contributed by atoms with E-state index in [-0.39, 0.29) is 11.8 Å². The number of rotatable bonds is 9. The van der Waals surface area contributed by atoms with Gasteiger partial charge in [-0.25, -0.2) is 0 Å². The molecule has 1 saturated carbocycles. The Morgan fingerprint density at radius 1 is 1.27 bits per heavy atom. The molecule has 0 aliphatic heterocycles. The standard InChI is InChI=1S/C25H34ClN3O4/c1-29(12-11-28-24(30)20-14-21(26)22(27)15-23(20)33-3)16-18-7-4-5-10-25(18,31)17-8-6-9-19(13-17)32-2/h6,8-9,13-15,18,31H,4-5,7,10-12,16,27H2,1-3H3,(H,28,30)/t18-,25+/m0/s1. The van der Waals surface area contributed by atoms with Gasteiger partial charge < -0.3 is 30.5 Å². The molecule has 0 bridgehead atoms. The van der Waals surface area contributed by atoms with Crippen LogP contribution in [0.2, 0.25) is 5.02 Å². The zero-order valence-electron chi connectivity index (χ0n) is 19.6. The number of nitrogens with two attached hydrogens (primary N) is 1. The van der Waals surface area contributed by atoms with Gasteiger partial charge in [0.25, 0.3) is 5.91 Å². The number of nitrogens with zero attached hydrogens (tertiary/aromatic N) is 1. The maximum absolute atomic E-state index is 12.6. The Kier molecular flexibility index (Phi) is 8.46.